The van der Waals surface area contributed by atoms with Crippen LogP contribution in [-0.2, 0) is 6.54 Å². The van der Waals surface area contributed by atoms with Crippen molar-refractivity contribution in [2.24, 2.45) is 0 Å². The van der Waals surface area contributed by atoms with Crippen molar-refractivity contribution in [1.29, 1.82) is 0 Å². The quantitative estimate of drug-likeness (QED) is 0.889. The number of ether oxygens (including phenoxy) is 1. The molecule has 0 atom stereocenters. The lowest BCUT2D eigenvalue weighted by Crippen LogP contribution is -2.22. The van der Waals surface area contributed by atoms with Gasteiger partial charge in [-0.25, -0.2) is 0 Å². The summed E-state index contributed by atoms with van der Waals surface area (Å²) in [7, 11) is 0. The van der Waals surface area contributed by atoms with Crippen LogP contribution in [0.3, 0.4) is 0 Å². The lowest BCUT2D eigenvalue weighted by Gasteiger charge is -2.07. The minimum atomic E-state index is -0.149. The minimum Gasteiger partial charge on any atom is -0.494 e. The highest BCUT2D eigenvalue weighted by Gasteiger charge is 2.06. The number of rotatable bonds is 5. The van der Waals surface area contributed by atoms with Gasteiger partial charge in [-0.15, -0.1) is 0 Å². The van der Waals surface area contributed by atoms with Gasteiger partial charge in [-0.05, 0) is 48.9 Å². The first-order valence-electron chi connectivity index (χ1n) is 6.55. The highest BCUT2D eigenvalue weighted by molar-refractivity contribution is 6.42. The number of nitrogens with one attached hydrogen (secondary N) is 1. The summed E-state index contributed by atoms with van der Waals surface area (Å²) in [5.74, 6) is 0.600. The first-order chi connectivity index (χ1) is 10.1. The lowest BCUT2D eigenvalue weighted by atomic mass is 10.2. The molecule has 0 fully saturated rings. The van der Waals surface area contributed by atoms with Gasteiger partial charge < -0.3 is 10.1 Å². The van der Waals surface area contributed by atoms with Gasteiger partial charge in [0.1, 0.15) is 5.75 Å². The molecule has 2 aromatic rings. The molecule has 0 unspecified atom stereocenters. The Morgan fingerprint density at radius 2 is 1.81 bits per heavy atom. The molecular formula is C16H15Cl2NO2. The van der Waals surface area contributed by atoms with Crippen LogP contribution in [0.15, 0.2) is 42.5 Å². The first-order valence-corrected chi connectivity index (χ1v) is 7.30. The van der Waals surface area contributed by atoms with Crippen LogP contribution < -0.4 is 10.1 Å². The number of carbonyl (C=O) groups is 1. The van der Waals surface area contributed by atoms with Crippen molar-refractivity contribution in [3.63, 3.8) is 0 Å². The van der Waals surface area contributed by atoms with Gasteiger partial charge in [-0.3, -0.25) is 4.79 Å². The second-order valence-electron chi connectivity index (χ2n) is 4.39. The van der Waals surface area contributed by atoms with E-state index in [1.165, 1.54) is 0 Å². The van der Waals surface area contributed by atoms with Gasteiger partial charge in [0.15, 0.2) is 0 Å². The van der Waals surface area contributed by atoms with Crippen molar-refractivity contribution in [3.05, 3.63) is 63.6 Å². The van der Waals surface area contributed by atoms with Gasteiger partial charge in [-0.2, -0.15) is 0 Å². The van der Waals surface area contributed by atoms with E-state index < -0.39 is 0 Å². The van der Waals surface area contributed by atoms with Gasteiger partial charge in [0.25, 0.3) is 5.91 Å². The average Bonchev–Trinajstić information content (AvgIpc) is 2.49. The predicted octanol–water partition coefficient (Wildman–Crippen LogP) is 4.32. The average molecular weight is 324 g/mol. The van der Waals surface area contributed by atoms with Crippen molar-refractivity contribution < 1.29 is 9.53 Å². The molecule has 21 heavy (non-hydrogen) atoms. The molecule has 0 saturated carbocycles. The maximum absolute atomic E-state index is 12.0. The van der Waals surface area contributed by atoms with E-state index in [0.717, 1.165) is 11.3 Å². The molecule has 0 aliphatic rings. The fourth-order valence-electron chi connectivity index (χ4n) is 1.80. The summed E-state index contributed by atoms with van der Waals surface area (Å²) in [6.45, 7) is 2.91. The highest BCUT2D eigenvalue weighted by Crippen LogP contribution is 2.22. The van der Waals surface area contributed by atoms with Gasteiger partial charge in [0.05, 0.1) is 16.7 Å². The molecule has 0 aliphatic carbocycles. The van der Waals surface area contributed by atoms with E-state index >= 15 is 0 Å². The third-order valence-corrected chi connectivity index (χ3v) is 3.60. The standard InChI is InChI=1S/C16H15Cl2NO2/c1-2-21-13-6-4-12(5-7-13)16(20)19-10-11-3-8-14(17)15(18)9-11/h3-9H,2,10H2,1H3,(H,19,20). The monoisotopic (exact) mass is 323 g/mol. The van der Waals surface area contributed by atoms with E-state index in [-0.39, 0.29) is 5.91 Å². The zero-order valence-corrected chi connectivity index (χ0v) is 13.0. The summed E-state index contributed by atoms with van der Waals surface area (Å²) in [5.41, 5.74) is 1.47. The molecule has 2 aromatic carbocycles. The van der Waals surface area contributed by atoms with Crippen LogP contribution in [0.2, 0.25) is 10.0 Å². The Morgan fingerprint density at radius 3 is 2.43 bits per heavy atom. The van der Waals surface area contributed by atoms with Crippen LogP contribution in [0.4, 0.5) is 0 Å². The van der Waals surface area contributed by atoms with Crippen molar-refractivity contribution in [3.8, 4) is 5.75 Å². The van der Waals surface area contributed by atoms with E-state index in [4.69, 9.17) is 27.9 Å². The van der Waals surface area contributed by atoms with Crippen molar-refractivity contribution in [2.75, 3.05) is 6.61 Å². The van der Waals surface area contributed by atoms with Crippen LogP contribution in [-0.4, -0.2) is 12.5 Å². The summed E-state index contributed by atoms with van der Waals surface area (Å²) in [6, 6.07) is 12.3. The van der Waals surface area contributed by atoms with Crippen LogP contribution in [0.1, 0.15) is 22.8 Å². The highest BCUT2D eigenvalue weighted by atomic mass is 35.5. The van der Waals surface area contributed by atoms with E-state index in [9.17, 15) is 4.79 Å². The zero-order chi connectivity index (χ0) is 15.2. The summed E-state index contributed by atoms with van der Waals surface area (Å²) in [6.07, 6.45) is 0. The van der Waals surface area contributed by atoms with Gasteiger partial charge in [0, 0.05) is 12.1 Å². The number of hydrogen-bond donors (Lipinski definition) is 1. The molecule has 1 N–H and O–H groups in total. The molecule has 0 aromatic heterocycles. The fraction of sp³-hybridized carbons (Fsp3) is 0.188. The van der Waals surface area contributed by atoms with E-state index in [1.54, 1.807) is 36.4 Å². The third kappa shape index (κ3) is 4.38. The Bertz CT molecular complexity index is 627. The number of amides is 1. The van der Waals surface area contributed by atoms with Crippen molar-refractivity contribution in [2.45, 2.75) is 13.5 Å². The molecule has 0 radical (unpaired) electrons. The van der Waals surface area contributed by atoms with E-state index in [2.05, 4.69) is 5.32 Å². The summed E-state index contributed by atoms with van der Waals surface area (Å²) < 4.78 is 5.34. The van der Waals surface area contributed by atoms with Crippen LogP contribution >= 0.6 is 23.2 Å². The molecule has 110 valence electrons. The lowest BCUT2D eigenvalue weighted by molar-refractivity contribution is 0.0951. The van der Waals surface area contributed by atoms with E-state index in [0.29, 0.717) is 28.8 Å². The molecule has 0 heterocycles. The molecule has 5 heteroatoms. The van der Waals surface area contributed by atoms with Crippen LogP contribution in [0.5, 0.6) is 5.75 Å². The van der Waals surface area contributed by atoms with Gasteiger partial charge in [0.2, 0.25) is 0 Å². The number of benzene rings is 2. The molecule has 3 nitrogen and oxygen atoms in total. The van der Waals surface area contributed by atoms with Crippen LogP contribution in [0.25, 0.3) is 0 Å². The number of halogens is 2. The van der Waals surface area contributed by atoms with Gasteiger partial charge in [-0.1, -0.05) is 29.3 Å². The Labute approximate surface area is 133 Å². The molecule has 0 spiro atoms. The predicted molar refractivity (Wildman–Crippen MR) is 85.2 cm³/mol. The Morgan fingerprint density at radius 1 is 1.10 bits per heavy atom. The van der Waals surface area contributed by atoms with Crippen molar-refractivity contribution in [1.82, 2.24) is 5.32 Å². The Kier molecular flexibility index (Phi) is 5.48. The minimum absolute atomic E-state index is 0.149. The third-order valence-electron chi connectivity index (χ3n) is 2.86. The number of carbonyl (C=O) groups excluding carboxylic acids is 1. The topological polar surface area (TPSA) is 38.3 Å². The molecule has 0 aliphatic heterocycles. The summed E-state index contributed by atoms with van der Waals surface area (Å²) >= 11 is 11.8. The SMILES string of the molecule is CCOc1ccc(C(=O)NCc2ccc(Cl)c(Cl)c2)cc1. The fourth-order valence-corrected chi connectivity index (χ4v) is 2.12. The second kappa shape index (κ2) is 7.34. The maximum atomic E-state index is 12.0. The smallest absolute Gasteiger partial charge is 0.251 e. The Hall–Kier alpha value is -1.71. The summed E-state index contributed by atoms with van der Waals surface area (Å²) in [4.78, 5) is 12.0. The normalized spacial score (nSPS) is 10.2. The maximum Gasteiger partial charge on any atom is 0.251 e. The van der Waals surface area contributed by atoms with Gasteiger partial charge >= 0.3 is 0 Å². The molecule has 0 bridgehead atoms. The molecule has 0 saturated heterocycles. The zero-order valence-electron chi connectivity index (χ0n) is 11.5. The van der Waals surface area contributed by atoms with Crippen molar-refractivity contribution >= 4 is 29.1 Å². The molecule has 2 rings (SSSR count). The summed E-state index contributed by atoms with van der Waals surface area (Å²) in [5, 5.41) is 3.81. The van der Waals surface area contributed by atoms with Crippen LogP contribution in [0, 0.1) is 0 Å². The first kappa shape index (κ1) is 15.7. The second-order valence-corrected chi connectivity index (χ2v) is 5.20. The molecule has 1 amide bonds. The molecular weight excluding hydrogens is 309 g/mol. The largest absolute Gasteiger partial charge is 0.494 e. The Balaban J connectivity index is 1.96. The number of hydrogen-bond acceptors (Lipinski definition) is 2. The van der Waals surface area contributed by atoms with E-state index in [1.807, 2.05) is 13.0 Å².